The zero-order chi connectivity index (χ0) is 23.0. The molecule has 1 heterocycles. The molecule has 0 radical (unpaired) electrons. The SMILES string of the molecule is Nc1ccc(S(=O)(=O)Nc2cc3c(cc2F)COB3O)c(CCNC(=O)C(F)(F)F)c1. The molecule has 2 aromatic carbocycles. The zero-order valence-corrected chi connectivity index (χ0v) is 16.5. The van der Waals surface area contributed by atoms with Crippen molar-refractivity contribution in [3.63, 3.8) is 0 Å². The lowest BCUT2D eigenvalue weighted by Crippen LogP contribution is -2.37. The van der Waals surface area contributed by atoms with Gasteiger partial charge in [0.15, 0.2) is 0 Å². The van der Waals surface area contributed by atoms with E-state index in [1.165, 1.54) is 12.1 Å². The van der Waals surface area contributed by atoms with Crippen molar-refractivity contribution in [2.24, 2.45) is 0 Å². The molecule has 0 aromatic heterocycles. The minimum atomic E-state index is -5.08. The third-order valence-electron chi connectivity index (χ3n) is 4.45. The van der Waals surface area contributed by atoms with E-state index in [0.717, 1.165) is 18.2 Å². The van der Waals surface area contributed by atoms with Crippen LogP contribution in [0.3, 0.4) is 0 Å². The Hall–Kier alpha value is -2.84. The molecule has 14 heteroatoms. The summed E-state index contributed by atoms with van der Waals surface area (Å²) in [4.78, 5) is 10.6. The number of hydrogen-bond acceptors (Lipinski definition) is 6. The summed E-state index contributed by atoms with van der Waals surface area (Å²) in [6.45, 7) is -0.548. The number of anilines is 2. The summed E-state index contributed by atoms with van der Waals surface area (Å²) in [7, 11) is -5.73. The number of halogens is 4. The van der Waals surface area contributed by atoms with Gasteiger partial charge >= 0.3 is 19.2 Å². The molecule has 0 fully saturated rings. The van der Waals surface area contributed by atoms with Gasteiger partial charge in [0, 0.05) is 12.2 Å². The number of nitrogens with two attached hydrogens (primary N) is 1. The molecule has 5 N–H and O–H groups in total. The van der Waals surface area contributed by atoms with Gasteiger partial charge in [0.05, 0.1) is 17.2 Å². The number of fused-ring (bicyclic) bond motifs is 1. The smallest absolute Gasteiger partial charge is 0.423 e. The van der Waals surface area contributed by atoms with Gasteiger partial charge in [-0.05, 0) is 53.3 Å². The third-order valence-corrected chi connectivity index (χ3v) is 5.91. The van der Waals surface area contributed by atoms with E-state index in [0.29, 0.717) is 5.56 Å². The van der Waals surface area contributed by atoms with Crippen molar-refractivity contribution in [2.45, 2.75) is 24.1 Å². The van der Waals surface area contributed by atoms with E-state index in [1.807, 2.05) is 0 Å². The van der Waals surface area contributed by atoms with Crippen LogP contribution in [0.1, 0.15) is 11.1 Å². The molecule has 1 amide bonds. The first-order valence-corrected chi connectivity index (χ1v) is 10.2. The highest BCUT2D eigenvalue weighted by Crippen LogP contribution is 2.25. The van der Waals surface area contributed by atoms with Gasteiger partial charge < -0.3 is 20.7 Å². The van der Waals surface area contributed by atoms with Crippen LogP contribution in [-0.2, 0) is 32.5 Å². The Morgan fingerprint density at radius 3 is 2.65 bits per heavy atom. The first-order chi connectivity index (χ1) is 14.4. The van der Waals surface area contributed by atoms with E-state index in [-0.39, 0.29) is 34.6 Å². The van der Waals surface area contributed by atoms with Gasteiger partial charge in [-0.2, -0.15) is 13.2 Å². The van der Waals surface area contributed by atoms with Crippen molar-refractivity contribution in [3.8, 4) is 0 Å². The molecule has 1 aliphatic heterocycles. The number of carbonyl (C=O) groups is 1. The Kier molecular flexibility index (Phi) is 6.16. The van der Waals surface area contributed by atoms with Gasteiger partial charge in [-0.15, -0.1) is 0 Å². The first kappa shape index (κ1) is 22.8. The standard InChI is InChI=1S/C17H16BF4N3O5S/c19-13-6-10-8-30-18(27)12(10)7-14(13)25-31(28,29)15-2-1-11(23)5-9(15)3-4-24-16(26)17(20,21)22/h1-2,5-7,25,27H,3-4,8,23H2,(H,24,26). The van der Waals surface area contributed by atoms with E-state index in [4.69, 9.17) is 10.4 Å². The van der Waals surface area contributed by atoms with Crippen LogP contribution in [-0.4, -0.2) is 39.2 Å². The molecule has 8 nitrogen and oxygen atoms in total. The van der Waals surface area contributed by atoms with Crippen LogP contribution in [0.2, 0.25) is 0 Å². The molecular formula is C17H16BF4N3O5S. The number of alkyl halides is 3. The van der Waals surface area contributed by atoms with E-state index >= 15 is 0 Å². The average molecular weight is 461 g/mol. The minimum Gasteiger partial charge on any atom is -0.423 e. The minimum absolute atomic E-state index is 0.0138. The van der Waals surface area contributed by atoms with Gasteiger partial charge in [-0.25, -0.2) is 12.8 Å². The number of rotatable bonds is 6. The van der Waals surface area contributed by atoms with Crippen LogP contribution < -0.4 is 21.2 Å². The second-order valence-corrected chi connectivity index (χ2v) is 8.32. The predicted octanol–water partition coefficient (Wildman–Crippen LogP) is 0.647. The molecule has 0 saturated carbocycles. The fraction of sp³-hybridized carbons (Fsp3) is 0.235. The van der Waals surface area contributed by atoms with Crippen molar-refractivity contribution in [3.05, 3.63) is 47.3 Å². The van der Waals surface area contributed by atoms with Gasteiger partial charge in [-0.3, -0.25) is 9.52 Å². The molecule has 0 aliphatic carbocycles. The van der Waals surface area contributed by atoms with Crippen molar-refractivity contribution in [2.75, 3.05) is 17.0 Å². The summed E-state index contributed by atoms with van der Waals surface area (Å²) in [6, 6.07) is 5.72. The van der Waals surface area contributed by atoms with Crippen LogP contribution in [0, 0.1) is 5.82 Å². The number of nitrogens with one attached hydrogen (secondary N) is 2. The molecule has 0 unspecified atom stereocenters. The molecular weight excluding hydrogens is 445 g/mol. The van der Waals surface area contributed by atoms with Gasteiger partial charge in [-0.1, -0.05) is 0 Å². The molecule has 31 heavy (non-hydrogen) atoms. The molecule has 0 atom stereocenters. The lowest BCUT2D eigenvalue weighted by Gasteiger charge is -2.15. The maximum atomic E-state index is 14.3. The molecule has 3 rings (SSSR count). The largest absolute Gasteiger partial charge is 0.491 e. The normalized spacial score (nSPS) is 13.8. The fourth-order valence-electron chi connectivity index (χ4n) is 2.99. The highest BCUT2D eigenvalue weighted by Gasteiger charge is 2.38. The third kappa shape index (κ3) is 5.08. The summed E-state index contributed by atoms with van der Waals surface area (Å²) in [6.07, 6.45) is -5.37. The second kappa shape index (κ2) is 8.36. The Balaban J connectivity index is 1.85. The summed E-state index contributed by atoms with van der Waals surface area (Å²) in [5.74, 6) is -3.07. The average Bonchev–Trinajstić information content (AvgIpc) is 3.00. The van der Waals surface area contributed by atoms with Gasteiger partial charge in [0.2, 0.25) is 0 Å². The lowest BCUT2D eigenvalue weighted by molar-refractivity contribution is -0.173. The predicted molar refractivity (Wildman–Crippen MR) is 103 cm³/mol. The second-order valence-electron chi connectivity index (χ2n) is 6.67. The maximum Gasteiger partial charge on any atom is 0.491 e. The van der Waals surface area contributed by atoms with Crippen molar-refractivity contribution in [1.29, 1.82) is 0 Å². The number of sulfonamides is 1. The van der Waals surface area contributed by atoms with E-state index in [2.05, 4.69) is 4.72 Å². The van der Waals surface area contributed by atoms with E-state index < -0.39 is 47.3 Å². The van der Waals surface area contributed by atoms with E-state index in [1.54, 1.807) is 5.32 Å². The number of carbonyl (C=O) groups excluding carboxylic acids is 1. The number of hydrogen-bond donors (Lipinski definition) is 4. The molecule has 0 spiro atoms. The van der Waals surface area contributed by atoms with Crippen molar-refractivity contribution in [1.82, 2.24) is 5.32 Å². The molecule has 0 saturated heterocycles. The summed E-state index contributed by atoms with van der Waals surface area (Å²) < 4.78 is 84.0. The zero-order valence-electron chi connectivity index (χ0n) is 15.7. The Labute approximate surface area is 174 Å². The number of benzene rings is 2. The van der Waals surface area contributed by atoms with Crippen LogP contribution in [0.25, 0.3) is 0 Å². The maximum absolute atomic E-state index is 14.3. The monoisotopic (exact) mass is 461 g/mol. The van der Waals surface area contributed by atoms with Crippen LogP contribution in [0.15, 0.2) is 35.2 Å². The Morgan fingerprint density at radius 2 is 1.97 bits per heavy atom. The van der Waals surface area contributed by atoms with Crippen LogP contribution >= 0.6 is 0 Å². The summed E-state index contributed by atoms with van der Waals surface area (Å²) in [5.41, 5.74) is 5.91. The lowest BCUT2D eigenvalue weighted by atomic mass is 9.79. The van der Waals surface area contributed by atoms with Crippen molar-refractivity contribution >= 4 is 39.9 Å². The van der Waals surface area contributed by atoms with E-state index in [9.17, 15) is 35.8 Å². The topological polar surface area (TPSA) is 131 Å². The summed E-state index contributed by atoms with van der Waals surface area (Å²) in [5, 5.41) is 11.4. The molecule has 166 valence electrons. The Morgan fingerprint density at radius 1 is 1.26 bits per heavy atom. The quantitative estimate of drug-likeness (QED) is 0.284. The van der Waals surface area contributed by atoms with Gasteiger partial charge in [0.25, 0.3) is 10.0 Å². The highest BCUT2D eigenvalue weighted by molar-refractivity contribution is 7.92. The number of nitrogen functional groups attached to an aromatic ring is 1. The van der Waals surface area contributed by atoms with Crippen molar-refractivity contribution < 1.29 is 40.5 Å². The highest BCUT2D eigenvalue weighted by atomic mass is 32.2. The molecule has 1 aliphatic rings. The van der Waals surface area contributed by atoms with Crippen LogP contribution in [0.4, 0.5) is 28.9 Å². The Bertz CT molecular complexity index is 1130. The summed E-state index contributed by atoms with van der Waals surface area (Å²) >= 11 is 0. The van der Waals surface area contributed by atoms with Gasteiger partial charge in [0.1, 0.15) is 5.82 Å². The fourth-order valence-corrected chi connectivity index (χ4v) is 4.30. The molecule has 0 bridgehead atoms. The molecule has 2 aromatic rings. The first-order valence-electron chi connectivity index (χ1n) is 8.76. The van der Waals surface area contributed by atoms with Crippen LogP contribution in [0.5, 0.6) is 0 Å². The number of amides is 1.